The molecule has 1 aliphatic heterocycles. The fourth-order valence-electron chi connectivity index (χ4n) is 5.09. The first-order chi connectivity index (χ1) is 20.8. The van der Waals surface area contributed by atoms with Crippen LogP contribution in [0.4, 0.5) is 13.2 Å². The van der Waals surface area contributed by atoms with E-state index >= 15 is 0 Å². The summed E-state index contributed by atoms with van der Waals surface area (Å²) in [4.78, 5) is 10.1. The minimum absolute atomic E-state index is 0.00425. The van der Waals surface area contributed by atoms with Gasteiger partial charge in [0.05, 0.1) is 20.9 Å². The summed E-state index contributed by atoms with van der Waals surface area (Å²) in [7, 11) is -8.71. The number of benzene rings is 4. The van der Waals surface area contributed by atoms with Crippen LogP contribution in [0.2, 0.25) is 0 Å². The molecule has 0 aliphatic carbocycles. The molecule has 44 heavy (non-hydrogen) atoms. The van der Waals surface area contributed by atoms with Crippen molar-refractivity contribution in [1.82, 2.24) is 9.03 Å². The van der Waals surface area contributed by atoms with E-state index in [-0.39, 0.29) is 42.0 Å². The predicted molar refractivity (Wildman–Crippen MR) is 158 cm³/mol. The molecular formula is C31H27F3N2O6S2. The van der Waals surface area contributed by atoms with Gasteiger partial charge in [0, 0.05) is 19.1 Å². The minimum Gasteiger partial charge on any atom is -0.478 e. The Labute approximate surface area is 252 Å². The molecule has 230 valence electrons. The lowest BCUT2D eigenvalue weighted by Crippen LogP contribution is -2.46. The molecule has 5 rings (SSSR count). The summed E-state index contributed by atoms with van der Waals surface area (Å²) in [6.07, 6.45) is -4.96. The van der Waals surface area contributed by atoms with Gasteiger partial charge < -0.3 is 5.11 Å². The van der Waals surface area contributed by atoms with E-state index in [1.54, 1.807) is 24.3 Å². The monoisotopic (exact) mass is 644 g/mol. The quantitative estimate of drug-likeness (QED) is 0.248. The third-order valence-electron chi connectivity index (χ3n) is 7.39. The number of hydrogen-bond acceptors (Lipinski definition) is 5. The van der Waals surface area contributed by atoms with E-state index in [4.69, 9.17) is 0 Å². The van der Waals surface area contributed by atoms with Crippen molar-refractivity contribution >= 4 is 26.0 Å². The van der Waals surface area contributed by atoms with Crippen LogP contribution in [0.25, 0.3) is 22.3 Å². The Morgan fingerprint density at radius 2 is 1.32 bits per heavy atom. The number of sulfonamides is 2. The number of carboxylic acids is 1. The van der Waals surface area contributed by atoms with Gasteiger partial charge >= 0.3 is 12.1 Å². The molecule has 0 bridgehead atoms. The van der Waals surface area contributed by atoms with Crippen LogP contribution in [0.15, 0.2) is 107 Å². The zero-order valence-corrected chi connectivity index (χ0v) is 24.7. The van der Waals surface area contributed by atoms with Crippen molar-refractivity contribution in [3.63, 3.8) is 0 Å². The third kappa shape index (κ3) is 6.70. The van der Waals surface area contributed by atoms with Crippen LogP contribution in [0.1, 0.15) is 28.8 Å². The average Bonchev–Trinajstić information content (AvgIpc) is 3.01. The molecule has 1 heterocycles. The molecule has 0 unspecified atom stereocenters. The molecule has 0 amide bonds. The maximum Gasteiger partial charge on any atom is 0.417 e. The molecule has 13 heteroatoms. The van der Waals surface area contributed by atoms with Crippen molar-refractivity contribution in [2.75, 3.05) is 13.1 Å². The summed E-state index contributed by atoms with van der Waals surface area (Å²) in [5.74, 6) is -1.29. The number of halogens is 3. The zero-order valence-electron chi connectivity index (χ0n) is 23.0. The molecule has 4 aromatic rings. The number of hydrogen-bond donors (Lipinski definition) is 2. The molecular weight excluding hydrogens is 617 g/mol. The third-order valence-corrected chi connectivity index (χ3v) is 10.9. The van der Waals surface area contributed by atoms with Crippen LogP contribution in [-0.2, 0) is 26.2 Å². The van der Waals surface area contributed by atoms with Gasteiger partial charge in [0.15, 0.2) is 0 Å². The van der Waals surface area contributed by atoms with E-state index in [1.165, 1.54) is 24.3 Å². The number of nitrogens with zero attached hydrogens (tertiary/aromatic N) is 1. The molecule has 0 saturated carbocycles. The number of rotatable bonds is 8. The van der Waals surface area contributed by atoms with Crippen LogP contribution in [-0.4, -0.2) is 51.3 Å². The van der Waals surface area contributed by atoms with Crippen molar-refractivity contribution in [3.05, 3.63) is 108 Å². The lowest BCUT2D eigenvalue weighted by Gasteiger charge is -2.31. The summed E-state index contributed by atoms with van der Waals surface area (Å²) >= 11 is 0. The van der Waals surface area contributed by atoms with E-state index in [2.05, 4.69) is 4.72 Å². The van der Waals surface area contributed by atoms with Crippen LogP contribution in [0.3, 0.4) is 0 Å². The average molecular weight is 645 g/mol. The number of aromatic carboxylic acids is 1. The molecule has 8 nitrogen and oxygen atoms in total. The smallest absolute Gasteiger partial charge is 0.417 e. The summed E-state index contributed by atoms with van der Waals surface area (Å²) in [6, 6.07) is 23.4. The van der Waals surface area contributed by atoms with E-state index in [1.807, 2.05) is 30.3 Å². The Morgan fingerprint density at radius 1 is 0.750 bits per heavy atom. The standard InChI is InChI=1S/C31H27F3N2O6S2/c32-31(33,34)28-20-24(23-11-9-22(10-12-23)21-5-2-1-3-6-21)13-14-29(28)43(39,40)35-26-15-17-36(18-16-26)44(41,42)27-8-4-7-25(19-27)30(37)38/h1-14,19-20,26,35H,15-18H2,(H,37,38). The van der Waals surface area contributed by atoms with Gasteiger partial charge in [-0.15, -0.1) is 0 Å². The van der Waals surface area contributed by atoms with Gasteiger partial charge in [-0.25, -0.2) is 26.4 Å². The maximum atomic E-state index is 14.2. The normalized spacial score (nSPS) is 15.2. The van der Waals surface area contributed by atoms with Crippen LogP contribution >= 0.6 is 0 Å². The van der Waals surface area contributed by atoms with E-state index in [0.29, 0.717) is 5.56 Å². The summed E-state index contributed by atoms with van der Waals surface area (Å²) < 4.78 is 98.4. The van der Waals surface area contributed by atoms with Gasteiger partial charge in [0.25, 0.3) is 0 Å². The van der Waals surface area contributed by atoms with Gasteiger partial charge in [-0.05, 0) is 65.4 Å². The van der Waals surface area contributed by atoms with Gasteiger partial charge in [0.1, 0.15) is 0 Å². The zero-order chi connectivity index (χ0) is 31.7. The van der Waals surface area contributed by atoms with Crippen molar-refractivity contribution in [3.8, 4) is 22.3 Å². The Balaban J connectivity index is 1.32. The minimum atomic E-state index is -4.97. The summed E-state index contributed by atoms with van der Waals surface area (Å²) in [5, 5.41) is 9.17. The fourth-order valence-corrected chi connectivity index (χ4v) is 8.12. The second kappa shape index (κ2) is 12.2. The predicted octanol–water partition coefficient (Wildman–Crippen LogP) is 5.87. The summed E-state index contributed by atoms with van der Waals surface area (Å²) in [5.41, 5.74) is 0.980. The van der Waals surface area contributed by atoms with Crippen molar-refractivity contribution in [2.45, 2.75) is 34.9 Å². The number of nitrogens with one attached hydrogen (secondary N) is 1. The van der Waals surface area contributed by atoms with Crippen molar-refractivity contribution in [1.29, 1.82) is 0 Å². The van der Waals surface area contributed by atoms with E-state index in [9.17, 15) is 39.9 Å². The highest BCUT2D eigenvalue weighted by molar-refractivity contribution is 7.89. The topological polar surface area (TPSA) is 121 Å². The second-order valence-corrected chi connectivity index (χ2v) is 13.9. The molecule has 1 saturated heterocycles. The highest BCUT2D eigenvalue weighted by Gasteiger charge is 2.39. The van der Waals surface area contributed by atoms with Crippen LogP contribution in [0.5, 0.6) is 0 Å². The molecule has 1 aliphatic rings. The first-order valence-corrected chi connectivity index (χ1v) is 16.4. The van der Waals surface area contributed by atoms with Crippen LogP contribution in [0, 0.1) is 0 Å². The number of piperidine rings is 1. The fraction of sp³-hybridized carbons (Fsp3) is 0.194. The number of alkyl halides is 3. The Bertz CT molecular complexity index is 1890. The largest absolute Gasteiger partial charge is 0.478 e. The Hall–Kier alpha value is -4.04. The molecule has 0 spiro atoms. The van der Waals surface area contributed by atoms with Gasteiger partial charge in [-0.2, -0.15) is 17.5 Å². The highest BCUT2D eigenvalue weighted by Crippen LogP contribution is 2.37. The van der Waals surface area contributed by atoms with E-state index < -0.39 is 48.7 Å². The molecule has 0 atom stereocenters. The first kappa shape index (κ1) is 31.4. The Morgan fingerprint density at radius 3 is 1.91 bits per heavy atom. The van der Waals surface area contributed by atoms with Crippen LogP contribution < -0.4 is 4.72 Å². The number of carboxylic acid groups (broad SMARTS) is 1. The molecule has 4 aromatic carbocycles. The van der Waals surface area contributed by atoms with Gasteiger partial charge in [0.2, 0.25) is 20.0 Å². The van der Waals surface area contributed by atoms with Gasteiger partial charge in [-0.1, -0.05) is 66.7 Å². The summed E-state index contributed by atoms with van der Waals surface area (Å²) in [6.45, 7) is -0.228. The van der Waals surface area contributed by atoms with Crippen molar-refractivity contribution < 1.29 is 39.9 Å². The van der Waals surface area contributed by atoms with Crippen molar-refractivity contribution in [2.24, 2.45) is 0 Å². The molecule has 2 N–H and O–H groups in total. The van der Waals surface area contributed by atoms with E-state index in [0.717, 1.165) is 33.6 Å². The molecule has 0 radical (unpaired) electrons. The molecule has 1 fully saturated rings. The number of carbonyl (C=O) groups is 1. The van der Waals surface area contributed by atoms with Gasteiger partial charge in [-0.3, -0.25) is 0 Å². The highest BCUT2D eigenvalue weighted by atomic mass is 32.2. The Kier molecular flexibility index (Phi) is 8.67. The molecule has 0 aromatic heterocycles. The maximum absolute atomic E-state index is 14.2. The lowest BCUT2D eigenvalue weighted by atomic mass is 9.99. The second-order valence-electron chi connectivity index (χ2n) is 10.3. The lowest BCUT2D eigenvalue weighted by molar-refractivity contribution is -0.139. The first-order valence-electron chi connectivity index (χ1n) is 13.5. The SMILES string of the molecule is O=C(O)c1cccc(S(=O)(=O)N2CCC(NS(=O)(=O)c3ccc(-c4ccc(-c5ccccc5)cc4)cc3C(F)(F)F)CC2)c1.